The molecule has 5 heteroatoms. The first-order valence-corrected chi connectivity index (χ1v) is 11.4. The van der Waals surface area contributed by atoms with E-state index in [-0.39, 0.29) is 0 Å². The third kappa shape index (κ3) is 11.7. The summed E-state index contributed by atoms with van der Waals surface area (Å²) in [4.78, 5) is 9.80. The van der Waals surface area contributed by atoms with E-state index in [4.69, 9.17) is 0 Å². The maximum absolute atomic E-state index is 11.9. The van der Waals surface area contributed by atoms with Crippen molar-refractivity contribution < 1.29 is 9.46 Å². The topological polar surface area (TPSA) is 37.3 Å². The Kier molecular flexibility index (Phi) is 11.3. The van der Waals surface area contributed by atoms with E-state index < -0.39 is 5.77 Å². The number of hydrogen-bond donors (Lipinski definition) is 1. The molecule has 0 aromatic heterocycles. The maximum atomic E-state index is 11.9. The molecule has 0 saturated carbocycles. The van der Waals surface area contributed by atoms with Gasteiger partial charge in [-0.15, -0.1) is 0 Å². The van der Waals surface area contributed by atoms with Crippen LogP contribution in [-0.2, 0) is 4.57 Å². The van der Waals surface area contributed by atoms with Crippen LogP contribution in [-0.4, -0.2) is 15.9 Å². The molecule has 0 aromatic carbocycles. The summed E-state index contributed by atoms with van der Waals surface area (Å²) in [6.45, 7) is 6.37. The van der Waals surface area contributed by atoms with Gasteiger partial charge in [-0.1, -0.05) is 75.6 Å². The van der Waals surface area contributed by atoms with E-state index in [9.17, 15) is 9.46 Å². The van der Waals surface area contributed by atoms with Crippen molar-refractivity contribution in [1.29, 1.82) is 0 Å². The van der Waals surface area contributed by atoms with Crippen molar-refractivity contribution >= 4 is 28.5 Å². The molecule has 0 aromatic rings. The van der Waals surface area contributed by atoms with Gasteiger partial charge < -0.3 is 4.89 Å². The molecule has 1 N–H and O–H groups in total. The summed E-state index contributed by atoms with van der Waals surface area (Å²) >= 11 is 2.53. The van der Waals surface area contributed by atoms with Gasteiger partial charge in [-0.05, 0) is 12.8 Å². The maximum Gasteiger partial charge on any atom is 0.310 e. The Morgan fingerprint density at radius 3 is 2.35 bits per heavy atom. The summed E-state index contributed by atoms with van der Waals surface area (Å²) in [7, 11) is 0. The van der Waals surface area contributed by atoms with Crippen LogP contribution in [0.25, 0.3) is 0 Å². The highest BCUT2D eigenvalue weighted by molar-refractivity contribution is 8.89. The summed E-state index contributed by atoms with van der Waals surface area (Å²) in [6, 6.07) is 0. The molecule has 2 atom stereocenters. The Bertz CT molecular complexity index is 225. The molecule has 0 fully saturated rings. The van der Waals surface area contributed by atoms with Gasteiger partial charge in [0.2, 0.25) is 0 Å². The molecular weight excluding hydrogens is 271 g/mol. The van der Waals surface area contributed by atoms with Gasteiger partial charge in [0.1, 0.15) is 0 Å². The summed E-state index contributed by atoms with van der Waals surface area (Å²) < 4.78 is 11.9. The van der Waals surface area contributed by atoms with E-state index in [1.807, 2.05) is 0 Å². The molecule has 0 heterocycles. The lowest BCUT2D eigenvalue weighted by Crippen LogP contribution is -1.95. The highest BCUT2D eigenvalue weighted by Crippen LogP contribution is 2.67. The molecule has 17 heavy (non-hydrogen) atoms. The highest BCUT2D eigenvalue weighted by Gasteiger charge is 2.22. The van der Waals surface area contributed by atoms with Crippen LogP contribution in [0.5, 0.6) is 0 Å². The predicted molar refractivity (Wildman–Crippen MR) is 83.0 cm³/mol. The van der Waals surface area contributed by atoms with Gasteiger partial charge in [0.05, 0.1) is 0 Å². The summed E-state index contributed by atoms with van der Waals surface area (Å²) in [6.07, 6.45) is 8.13. The van der Waals surface area contributed by atoms with Crippen molar-refractivity contribution in [3.8, 4) is 0 Å². The number of unbranched alkanes of at least 4 members (excludes halogenated alkanes) is 4. The molecule has 2 unspecified atom stereocenters. The van der Waals surface area contributed by atoms with E-state index in [1.165, 1.54) is 48.4 Å². The van der Waals surface area contributed by atoms with Gasteiger partial charge in [-0.25, -0.2) is 0 Å². The van der Waals surface area contributed by atoms with Gasteiger partial charge in [0, 0.05) is 11.0 Å². The highest BCUT2D eigenvalue weighted by atomic mass is 33.1. The van der Waals surface area contributed by atoms with Crippen molar-refractivity contribution in [3.63, 3.8) is 0 Å². The normalized spacial score (nSPS) is 16.7. The SMILES string of the molecule is CCCCCCC(C)SP(=O)(O)SCCCC. The minimum atomic E-state index is -3.00. The molecule has 0 amide bonds. The Balaban J connectivity index is 3.68. The quantitative estimate of drug-likeness (QED) is 0.391. The van der Waals surface area contributed by atoms with Gasteiger partial charge in [-0.3, -0.25) is 4.57 Å². The summed E-state index contributed by atoms with van der Waals surface area (Å²) in [5, 5.41) is 0.303. The zero-order valence-corrected chi connectivity index (χ0v) is 13.9. The predicted octanol–water partition coefficient (Wildman–Crippen LogP) is 5.71. The van der Waals surface area contributed by atoms with E-state index in [0.717, 1.165) is 25.0 Å². The van der Waals surface area contributed by atoms with Crippen LogP contribution in [0, 0.1) is 0 Å². The van der Waals surface area contributed by atoms with Crippen molar-refractivity contribution in [3.05, 3.63) is 0 Å². The minimum Gasteiger partial charge on any atom is -0.329 e. The smallest absolute Gasteiger partial charge is 0.310 e. The third-order valence-corrected chi connectivity index (χ3v) is 9.32. The summed E-state index contributed by atoms with van der Waals surface area (Å²) in [5.41, 5.74) is 0. The Morgan fingerprint density at radius 1 is 1.12 bits per heavy atom. The first kappa shape index (κ1) is 17.9. The molecule has 0 bridgehead atoms. The molecule has 2 nitrogen and oxygen atoms in total. The average Bonchev–Trinajstić information content (AvgIpc) is 2.24. The van der Waals surface area contributed by atoms with Crippen molar-refractivity contribution in [2.45, 2.75) is 71.0 Å². The molecule has 0 spiro atoms. The fraction of sp³-hybridized carbons (Fsp3) is 1.00. The van der Waals surface area contributed by atoms with Crippen LogP contribution in [0.15, 0.2) is 0 Å². The molecule has 0 aliphatic rings. The third-order valence-electron chi connectivity index (χ3n) is 2.53. The summed E-state index contributed by atoms with van der Waals surface area (Å²) in [5.74, 6) is -2.20. The number of hydrogen-bond acceptors (Lipinski definition) is 3. The lowest BCUT2D eigenvalue weighted by atomic mass is 10.1. The van der Waals surface area contributed by atoms with E-state index in [0.29, 0.717) is 5.25 Å². The number of rotatable bonds is 11. The minimum absolute atomic E-state index is 0.303. The Labute approximate surface area is 115 Å². The Hall–Kier alpha value is 0.890. The molecule has 0 aliphatic heterocycles. The fourth-order valence-corrected chi connectivity index (χ4v) is 8.41. The van der Waals surface area contributed by atoms with Crippen LogP contribution < -0.4 is 0 Å². The van der Waals surface area contributed by atoms with E-state index in [1.54, 1.807) is 0 Å². The fourth-order valence-electron chi connectivity index (χ4n) is 1.49. The average molecular weight is 298 g/mol. The van der Waals surface area contributed by atoms with E-state index >= 15 is 0 Å². The molecule has 104 valence electrons. The second-order valence-electron chi connectivity index (χ2n) is 4.42. The van der Waals surface area contributed by atoms with Crippen molar-refractivity contribution in [2.75, 3.05) is 5.75 Å². The molecule has 0 rings (SSSR count). The lowest BCUT2D eigenvalue weighted by molar-refractivity contribution is 0.513. The monoisotopic (exact) mass is 298 g/mol. The molecule has 0 radical (unpaired) electrons. The van der Waals surface area contributed by atoms with Gasteiger partial charge >= 0.3 is 5.77 Å². The first-order chi connectivity index (χ1) is 8.02. The van der Waals surface area contributed by atoms with Crippen LogP contribution in [0.2, 0.25) is 0 Å². The van der Waals surface area contributed by atoms with Crippen molar-refractivity contribution in [2.24, 2.45) is 0 Å². The standard InChI is InChI=1S/C12H27O2PS2/c1-4-6-8-9-10-12(3)17-15(13,14)16-11-7-5-2/h12H,4-11H2,1-3H3,(H,13,14). The van der Waals surface area contributed by atoms with E-state index in [2.05, 4.69) is 20.8 Å². The van der Waals surface area contributed by atoms with Crippen LogP contribution in [0.1, 0.15) is 65.7 Å². The van der Waals surface area contributed by atoms with Crippen LogP contribution in [0.3, 0.4) is 0 Å². The van der Waals surface area contributed by atoms with Gasteiger partial charge in [0.15, 0.2) is 0 Å². The largest absolute Gasteiger partial charge is 0.329 e. The zero-order chi connectivity index (χ0) is 13.1. The van der Waals surface area contributed by atoms with Gasteiger partial charge in [-0.2, -0.15) is 0 Å². The van der Waals surface area contributed by atoms with Crippen LogP contribution in [0.4, 0.5) is 0 Å². The lowest BCUT2D eigenvalue weighted by Gasteiger charge is -2.15. The second kappa shape index (κ2) is 10.8. The van der Waals surface area contributed by atoms with Gasteiger partial charge in [0.25, 0.3) is 0 Å². The first-order valence-electron chi connectivity index (χ1n) is 6.67. The zero-order valence-electron chi connectivity index (χ0n) is 11.4. The van der Waals surface area contributed by atoms with Crippen LogP contribution >= 0.6 is 28.5 Å². The Morgan fingerprint density at radius 2 is 1.76 bits per heavy atom. The molecule has 0 saturated heterocycles. The molecule has 0 aliphatic carbocycles. The van der Waals surface area contributed by atoms with Crippen molar-refractivity contribution in [1.82, 2.24) is 0 Å². The molecular formula is C12H27O2PS2. The second-order valence-corrected chi connectivity index (χ2v) is 12.1.